The Labute approximate surface area is 186 Å². The smallest absolute Gasteiger partial charge is 0.373 e. The molecule has 182 valence electrons. The minimum Gasteiger partial charge on any atom is -0.373 e. The molecule has 0 aromatic heterocycles. The van der Waals surface area contributed by atoms with Gasteiger partial charge in [0.05, 0.1) is 19.8 Å². The molecule has 0 saturated carbocycles. The van der Waals surface area contributed by atoms with Crippen LogP contribution in [0.25, 0.3) is 0 Å². The van der Waals surface area contributed by atoms with Gasteiger partial charge in [0.2, 0.25) is 0 Å². The second-order valence-electron chi connectivity index (χ2n) is 7.30. The standard InChI is InChI=1S/C22H48O7Si/c1-8-15-24-22(25-16-9-2,26-17-10-3)14-20-30(27-18-11-4,28-19-12-5)29-21(13-6)23-7/h21H,8-20H2,1-7H3. The van der Waals surface area contributed by atoms with Gasteiger partial charge < -0.3 is 32.2 Å². The third-order valence-corrected chi connectivity index (χ3v) is 7.05. The van der Waals surface area contributed by atoms with Crippen LogP contribution in [-0.2, 0) is 32.2 Å². The summed E-state index contributed by atoms with van der Waals surface area (Å²) in [5.41, 5.74) is 0. The van der Waals surface area contributed by atoms with Crippen molar-refractivity contribution in [2.45, 2.75) is 105 Å². The Hall–Kier alpha value is -0.0631. The molecular formula is C22H48O7Si. The fourth-order valence-corrected chi connectivity index (χ4v) is 5.68. The lowest BCUT2D eigenvalue weighted by Crippen LogP contribution is -2.51. The van der Waals surface area contributed by atoms with Gasteiger partial charge in [0.1, 0.15) is 0 Å². The summed E-state index contributed by atoms with van der Waals surface area (Å²) in [6.07, 6.45) is 5.23. The molecule has 0 aliphatic heterocycles. The highest BCUT2D eigenvalue weighted by Gasteiger charge is 2.47. The van der Waals surface area contributed by atoms with E-state index in [-0.39, 0.29) is 6.29 Å². The van der Waals surface area contributed by atoms with E-state index >= 15 is 0 Å². The van der Waals surface area contributed by atoms with Crippen molar-refractivity contribution in [3.63, 3.8) is 0 Å². The third kappa shape index (κ3) is 12.1. The highest BCUT2D eigenvalue weighted by atomic mass is 28.4. The molecule has 0 aliphatic carbocycles. The first-order chi connectivity index (χ1) is 14.5. The normalized spacial score (nSPS) is 13.7. The Bertz CT molecular complexity index is 351. The molecule has 0 radical (unpaired) electrons. The van der Waals surface area contributed by atoms with Crippen LogP contribution in [0.2, 0.25) is 6.04 Å². The maximum absolute atomic E-state index is 6.36. The lowest BCUT2D eigenvalue weighted by Gasteiger charge is -2.37. The fraction of sp³-hybridized carbons (Fsp3) is 1.00. The summed E-state index contributed by atoms with van der Waals surface area (Å²) in [6.45, 7) is 15.2. The lowest BCUT2D eigenvalue weighted by atomic mass is 10.3. The molecule has 8 heteroatoms. The Morgan fingerprint density at radius 2 is 1.10 bits per heavy atom. The van der Waals surface area contributed by atoms with E-state index in [0.717, 1.165) is 32.1 Å². The second kappa shape index (κ2) is 18.5. The van der Waals surface area contributed by atoms with Crippen LogP contribution in [0.5, 0.6) is 0 Å². The highest BCUT2D eigenvalue weighted by Crippen LogP contribution is 2.30. The molecular weight excluding hydrogens is 404 g/mol. The zero-order valence-corrected chi connectivity index (χ0v) is 21.6. The van der Waals surface area contributed by atoms with Gasteiger partial charge in [0.15, 0.2) is 6.29 Å². The minimum atomic E-state index is -3.03. The van der Waals surface area contributed by atoms with Gasteiger partial charge in [-0.05, 0) is 38.5 Å². The van der Waals surface area contributed by atoms with Crippen molar-refractivity contribution in [3.8, 4) is 0 Å². The Morgan fingerprint density at radius 3 is 1.43 bits per heavy atom. The molecule has 0 N–H and O–H groups in total. The summed E-state index contributed by atoms with van der Waals surface area (Å²) in [5, 5.41) is 0. The number of rotatable bonds is 22. The van der Waals surface area contributed by atoms with Gasteiger partial charge >= 0.3 is 8.80 Å². The van der Waals surface area contributed by atoms with E-state index in [1.54, 1.807) is 7.11 Å². The van der Waals surface area contributed by atoms with Crippen LogP contribution in [0.1, 0.15) is 86.5 Å². The van der Waals surface area contributed by atoms with Gasteiger partial charge in [-0.1, -0.05) is 41.5 Å². The molecule has 0 amide bonds. The second-order valence-corrected chi connectivity index (χ2v) is 9.98. The van der Waals surface area contributed by atoms with Crippen LogP contribution in [0.4, 0.5) is 0 Å². The molecule has 0 aromatic carbocycles. The molecule has 0 bridgehead atoms. The summed E-state index contributed by atoms with van der Waals surface area (Å²) >= 11 is 0. The van der Waals surface area contributed by atoms with Gasteiger partial charge in [-0.3, -0.25) is 0 Å². The molecule has 0 heterocycles. The van der Waals surface area contributed by atoms with E-state index in [2.05, 4.69) is 34.6 Å². The lowest BCUT2D eigenvalue weighted by molar-refractivity contribution is -0.382. The van der Waals surface area contributed by atoms with E-state index < -0.39 is 14.8 Å². The molecule has 0 aromatic rings. The molecule has 1 atom stereocenters. The van der Waals surface area contributed by atoms with E-state index in [4.69, 9.17) is 32.2 Å². The van der Waals surface area contributed by atoms with Crippen LogP contribution >= 0.6 is 0 Å². The summed E-state index contributed by atoms with van der Waals surface area (Å²) < 4.78 is 42.8. The Kier molecular flexibility index (Phi) is 18.5. The van der Waals surface area contributed by atoms with Crippen LogP contribution < -0.4 is 0 Å². The Balaban J connectivity index is 5.67. The Morgan fingerprint density at radius 1 is 0.667 bits per heavy atom. The van der Waals surface area contributed by atoms with E-state index in [1.807, 2.05) is 6.92 Å². The van der Waals surface area contributed by atoms with Gasteiger partial charge in [-0.15, -0.1) is 0 Å². The van der Waals surface area contributed by atoms with Crippen molar-refractivity contribution < 1.29 is 32.2 Å². The predicted molar refractivity (Wildman–Crippen MR) is 121 cm³/mol. The quantitative estimate of drug-likeness (QED) is 0.159. The molecule has 0 aliphatic rings. The summed E-state index contributed by atoms with van der Waals surface area (Å²) in [4.78, 5) is 0. The fourth-order valence-electron chi connectivity index (χ4n) is 2.75. The van der Waals surface area contributed by atoms with Gasteiger partial charge in [0, 0.05) is 32.8 Å². The first-order valence-electron chi connectivity index (χ1n) is 11.9. The summed E-state index contributed by atoms with van der Waals surface area (Å²) in [5.74, 6) is -1.11. The number of methoxy groups -OCH3 is 1. The maximum Gasteiger partial charge on any atom is 0.503 e. The van der Waals surface area contributed by atoms with E-state index in [1.165, 1.54) is 0 Å². The van der Waals surface area contributed by atoms with E-state index in [9.17, 15) is 0 Å². The predicted octanol–water partition coefficient (Wildman–Crippen LogP) is 5.50. The molecule has 0 rings (SSSR count). The van der Waals surface area contributed by atoms with Crippen molar-refractivity contribution in [3.05, 3.63) is 0 Å². The van der Waals surface area contributed by atoms with Crippen LogP contribution in [0.15, 0.2) is 0 Å². The molecule has 0 saturated heterocycles. The molecule has 30 heavy (non-hydrogen) atoms. The molecule has 7 nitrogen and oxygen atoms in total. The summed E-state index contributed by atoms with van der Waals surface area (Å²) in [7, 11) is -1.39. The first-order valence-corrected chi connectivity index (χ1v) is 13.8. The highest BCUT2D eigenvalue weighted by molar-refractivity contribution is 6.60. The van der Waals surface area contributed by atoms with Crippen molar-refractivity contribution in [2.24, 2.45) is 0 Å². The zero-order valence-electron chi connectivity index (χ0n) is 20.6. The van der Waals surface area contributed by atoms with Gasteiger partial charge in [-0.25, -0.2) is 0 Å². The number of hydrogen-bond donors (Lipinski definition) is 0. The molecule has 0 fully saturated rings. The van der Waals surface area contributed by atoms with Crippen LogP contribution in [0, 0.1) is 0 Å². The monoisotopic (exact) mass is 452 g/mol. The van der Waals surface area contributed by atoms with Gasteiger partial charge in [0.25, 0.3) is 5.97 Å². The van der Waals surface area contributed by atoms with Crippen LogP contribution in [-0.4, -0.2) is 61.2 Å². The largest absolute Gasteiger partial charge is 0.503 e. The number of ether oxygens (including phenoxy) is 4. The molecule has 0 spiro atoms. The van der Waals surface area contributed by atoms with Gasteiger partial charge in [-0.2, -0.15) is 0 Å². The van der Waals surface area contributed by atoms with Crippen LogP contribution in [0.3, 0.4) is 0 Å². The van der Waals surface area contributed by atoms with Crippen molar-refractivity contribution in [1.82, 2.24) is 0 Å². The van der Waals surface area contributed by atoms with E-state index in [0.29, 0.717) is 51.9 Å². The third-order valence-electron chi connectivity index (χ3n) is 4.28. The zero-order chi connectivity index (χ0) is 22.7. The SMILES string of the molecule is CCCOC(CC[Si](OCCC)(OCCC)OC(CC)OC)(OCCC)OCCC. The average molecular weight is 453 g/mol. The molecule has 1 unspecified atom stereocenters. The number of hydrogen-bond acceptors (Lipinski definition) is 7. The first kappa shape index (κ1) is 29.9. The van der Waals surface area contributed by atoms with Crippen molar-refractivity contribution in [1.29, 1.82) is 0 Å². The van der Waals surface area contributed by atoms with Crippen molar-refractivity contribution >= 4 is 8.80 Å². The minimum absolute atomic E-state index is 0.371. The van der Waals surface area contributed by atoms with Crippen molar-refractivity contribution in [2.75, 3.05) is 40.1 Å². The average Bonchev–Trinajstić information content (AvgIpc) is 2.78. The summed E-state index contributed by atoms with van der Waals surface area (Å²) in [6, 6.07) is 0.532. The topological polar surface area (TPSA) is 64.6 Å². The maximum atomic E-state index is 6.36.